The fourth-order valence-electron chi connectivity index (χ4n) is 1.91. The molecule has 1 aromatic heterocycles. The van der Waals surface area contributed by atoms with Crippen molar-refractivity contribution in [1.29, 1.82) is 0 Å². The molecule has 0 aliphatic rings. The van der Waals surface area contributed by atoms with Gasteiger partial charge in [-0.3, -0.25) is 9.78 Å². The van der Waals surface area contributed by atoms with Crippen LogP contribution in [-0.4, -0.2) is 33.9 Å². The second kappa shape index (κ2) is 6.13. The Morgan fingerprint density at radius 2 is 2.05 bits per heavy atom. The molecule has 1 aromatic carbocycles. The first-order valence-corrected chi connectivity index (χ1v) is 6.17. The first-order chi connectivity index (χ1) is 9.99. The molecule has 1 amide bonds. The van der Waals surface area contributed by atoms with Crippen molar-refractivity contribution in [2.24, 2.45) is 0 Å². The standard InChI is InChI=1S/C15H13FN2O3/c1-18(9-10-4-2-5-11(16)8-10)14(19)13-12(15(20)21)6-3-7-17-13/h2-8H,9H2,1H3,(H,20,21). The molecule has 1 heterocycles. The fraction of sp³-hybridized carbons (Fsp3) is 0.133. The minimum atomic E-state index is -1.22. The smallest absolute Gasteiger partial charge is 0.338 e. The summed E-state index contributed by atoms with van der Waals surface area (Å²) in [6, 6.07) is 8.63. The highest BCUT2D eigenvalue weighted by molar-refractivity contribution is 6.03. The Labute approximate surface area is 120 Å². The number of carbonyl (C=O) groups excluding carboxylic acids is 1. The summed E-state index contributed by atoms with van der Waals surface area (Å²) in [5.74, 6) is -2.14. The minimum absolute atomic E-state index is 0.135. The van der Waals surface area contributed by atoms with E-state index in [9.17, 15) is 14.0 Å². The Kier molecular flexibility index (Phi) is 4.27. The molecule has 5 nitrogen and oxygen atoms in total. The number of halogens is 1. The predicted octanol–water partition coefficient (Wildman–Crippen LogP) is 2.19. The maximum absolute atomic E-state index is 13.1. The summed E-state index contributed by atoms with van der Waals surface area (Å²) in [7, 11) is 1.51. The van der Waals surface area contributed by atoms with E-state index in [0.717, 1.165) is 0 Å². The zero-order valence-corrected chi connectivity index (χ0v) is 11.3. The van der Waals surface area contributed by atoms with Crippen LogP contribution in [0.5, 0.6) is 0 Å². The van der Waals surface area contributed by atoms with Gasteiger partial charge in [-0.15, -0.1) is 0 Å². The van der Waals surface area contributed by atoms with Crippen molar-refractivity contribution in [3.05, 3.63) is 65.2 Å². The van der Waals surface area contributed by atoms with E-state index in [0.29, 0.717) is 5.56 Å². The summed E-state index contributed by atoms with van der Waals surface area (Å²) in [6.07, 6.45) is 1.36. The molecule has 6 heteroatoms. The van der Waals surface area contributed by atoms with Crippen molar-refractivity contribution in [3.8, 4) is 0 Å². The largest absolute Gasteiger partial charge is 0.478 e. The Balaban J connectivity index is 2.22. The molecule has 0 saturated heterocycles. The van der Waals surface area contributed by atoms with Gasteiger partial charge in [0, 0.05) is 19.8 Å². The third kappa shape index (κ3) is 3.42. The van der Waals surface area contributed by atoms with Crippen LogP contribution in [0.15, 0.2) is 42.6 Å². The van der Waals surface area contributed by atoms with Crippen LogP contribution in [-0.2, 0) is 6.54 Å². The summed E-state index contributed by atoms with van der Waals surface area (Å²) >= 11 is 0. The lowest BCUT2D eigenvalue weighted by Crippen LogP contribution is -2.28. The summed E-state index contributed by atoms with van der Waals surface area (Å²) in [4.78, 5) is 28.5. The minimum Gasteiger partial charge on any atom is -0.478 e. The maximum atomic E-state index is 13.1. The van der Waals surface area contributed by atoms with Crippen LogP contribution in [0.1, 0.15) is 26.4 Å². The van der Waals surface area contributed by atoms with Crippen LogP contribution in [0, 0.1) is 5.82 Å². The SMILES string of the molecule is CN(Cc1cccc(F)c1)C(=O)c1ncccc1C(=O)O. The highest BCUT2D eigenvalue weighted by atomic mass is 19.1. The fourth-order valence-corrected chi connectivity index (χ4v) is 1.91. The highest BCUT2D eigenvalue weighted by Crippen LogP contribution is 2.12. The molecule has 0 saturated carbocycles. The quantitative estimate of drug-likeness (QED) is 0.936. The van der Waals surface area contributed by atoms with E-state index in [4.69, 9.17) is 5.11 Å². The maximum Gasteiger partial charge on any atom is 0.338 e. The number of nitrogens with zero attached hydrogens (tertiary/aromatic N) is 2. The number of carbonyl (C=O) groups is 2. The van der Waals surface area contributed by atoms with Crippen LogP contribution in [0.4, 0.5) is 4.39 Å². The molecule has 0 atom stereocenters. The molecule has 0 bridgehead atoms. The number of carboxylic acid groups (broad SMARTS) is 1. The first-order valence-electron chi connectivity index (χ1n) is 6.17. The van der Waals surface area contributed by atoms with E-state index in [1.165, 1.54) is 42.4 Å². The van der Waals surface area contributed by atoms with E-state index in [-0.39, 0.29) is 17.8 Å². The molecule has 0 unspecified atom stereocenters. The number of benzene rings is 1. The third-order valence-electron chi connectivity index (χ3n) is 2.90. The molecular weight excluding hydrogens is 275 g/mol. The molecule has 21 heavy (non-hydrogen) atoms. The van der Waals surface area contributed by atoms with Gasteiger partial charge in [0.25, 0.3) is 5.91 Å². The van der Waals surface area contributed by atoms with Crippen LogP contribution in [0.2, 0.25) is 0 Å². The highest BCUT2D eigenvalue weighted by Gasteiger charge is 2.20. The summed E-state index contributed by atoms with van der Waals surface area (Å²) in [5.41, 5.74) is 0.316. The van der Waals surface area contributed by atoms with Gasteiger partial charge in [0.05, 0.1) is 5.56 Å². The second-order valence-corrected chi connectivity index (χ2v) is 4.50. The van der Waals surface area contributed by atoms with Gasteiger partial charge in [0.1, 0.15) is 11.5 Å². The van der Waals surface area contributed by atoms with E-state index in [2.05, 4.69) is 4.98 Å². The number of aromatic nitrogens is 1. The first kappa shape index (κ1) is 14.6. The van der Waals surface area contributed by atoms with E-state index in [1.54, 1.807) is 12.1 Å². The third-order valence-corrected chi connectivity index (χ3v) is 2.90. The van der Waals surface area contributed by atoms with Gasteiger partial charge in [0.15, 0.2) is 0 Å². The lowest BCUT2D eigenvalue weighted by atomic mass is 10.1. The summed E-state index contributed by atoms with van der Waals surface area (Å²) in [6.45, 7) is 0.159. The Morgan fingerprint density at radius 1 is 1.29 bits per heavy atom. The van der Waals surface area contributed by atoms with Gasteiger partial charge in [-0.2, -0.15) is 0 Å². The molecule has 0 fully saturated rings. The van der Waals surface area contributed by atoms with Crippen molar-refractivity contribution in [3.63, 3.8) is 0 Å². The molecule has 0 radical (unpaired) electrons. The van der Waals surface area contributed by atoms with Crippen LogP contribution in [0.3, 0.4) is 0 Å². The van der Waals surface area contributed by atoms with Crippen LogP contribution >= 0.6 is 0 Å². The molecule has 0 aliphatic carbocycles. The van der Waals surface area contributed by atoms with Crippen molar-refractivity contribution < 1.29 is 19.1 Å². The molecule has 2 aromatic rings. The van der Waals surface area contributed by atoms with Crippen LogP contribution in [0.25, 0.3) is 0 Å². The molecular formula is C15H13FN2O3. The predicted molar refractivity (Wildman–Crippen MR) is 73.4 cm³/mol. The van der Waals surface area contributed by atoms with Crippen molar-refractivity contribution >= 4 is 11.9 Å². The second-order valence-electron chi connectivity index (χ2n) is 4.50. The molecule has 1 N–H and O–H groups in total. The van der Waals surface area contributed by atoms with Gasteiger partial charge in [-0.05, 0) is 29.8 Å². The number of amides is 1. The van der Waals surface area contributed by atoms with Crippen molar-refractivity contribution in [2.45, 2.75) is 6.54 Å². The summed E-state index contributed by atoms with van der Waals surface area (Å²) < 4.78 is 13.1. The van der Waals surface area contributed by atoms with Gasteiger partial charge < -0.3 is 10.0 Å². The average molecular weight is 288 g/mol. The number of pyridine rings is 1. The normalized spacial score (nSPS) is 10.2. The number of hydrogen-bond donors (Lipinski definition) is 1. The molecule has 0 spiro atoms. The van der Waals surface area contributed by atoms with Crippen molar-refractivity contribution in [2.75, 3.05) is 7.05 Å². The van der Waals surface area contributed by atoms with Gasteiger partial charge >= 0.3 is 5.97 Å². The number of carboxylic acids is 1. The van der Waals surface area contributed by atoms with E-state index >= 15 is 0 Å². The Hall–Kier alpha value is -2.76. The number of hydrogen-bond acceptors (Lipinski definition) is 3. The summed E-state index contributed by atoms with van der Waals surface area (Å²) in [5, 5.41) is 9.06. The zero-order chi connectivity index (χ0) is 15.4. The lowest BCUT2D eigenvalue weighted by Gasteiger charge is -2.17. The lowest BCUT2D eigenvalue weighted by molar-refractivity contribution is 0.0678. The molecule has 0 aliphatic heterocycles. The number of rotatable bonds is 4. The van der Waals surface area contributed by atoms with E-state index in [1.807, 2.05) is 0 Å². The van der Waals surface area contributed by atoms with Gasteiger partial charge in [-0.25, -0.2) is 9.18 Å². The Bertz CT molecular complexity index is 688. The molecule has 2 rings (SSSR count). The van der Waals surface area contributed by atoms with E-state index < -0.39 is 17.7 Å². The van der Waals surface area contributed by atoms with Gasteiger partial charge in [-0.1, -0.05) is 12.1 Å². The molecule has 108 valence electrons. The average Bonchev–Trinajstić information content (AvgIpc) is 2.46. The Morgan fingerprint density at radius 3 is 2.71 bits per heavy atom. The van der Waals surface area contributed by atoms with Gasteiger partial charge in [0.2, 0.25) is 0 Å². The number of aromatic carboxylic acids is 1. The monoisotopic (exact) mass is 288 g/mol. The van der Waals surface area contributed by atoms with Crippen molar-refractivity contribution in [1.82, 2.24) is 9.88 Å². The topological polar surface area (TPSA) is 70.5 Å². The zero-order valence-electron chi connectivity index (χ0n) is 11.3. The van der Waals surface area contributed by atoms with Crippen LogP contribution < -0.4 is 0 Å².